The highest BCUT2D eigenvalue weighted by Crippen LogP contribution is 2.19. The summed E-state index contributed by atoms with van der Waals surface area (Å²) in [5.41, 5.74) is 2.53. The molecule has 2 aromatic carbocycles. The molecular weight excluding hydrogens is 318 g/mol. The van der Waals surface area contributed by atoms with Gasteiger partial charge in [0.15, 0.2) is 5.78 Å². The first-order chi connectivity index (χ1) is 12.1. The van der Waals surface area contributed by atoms with Crippen LogP contribution in [0.15, 0.2) is 61.2 Å². The molecule has 126 valence electrons. The number of nitrogens with one attached hydrogen (secondary N) is 2. The second-order valence-electron chi connectivity index (χ2n) is 5.36. The van der Waals surface area contributed by atoms with Gasteiger partial charge in [-0.3, -0.25) is 9.59 Å². The van der Waals surface area contributed by atoms with Gasteiger partial charge in [0.1, 0.15) is 12.7 Å². The zero-order valence-electron chi connectivity index (χ0n) is 13.6. The number of para-hydroxylation sites is 3. The maximum atomic E-state index is 12.2. The first-order valence-electron chi connectivity index (χ1n) is 7.73. The van der Waals surface area contributed by atoms with Crippen molar-refractivity contribution in [3.63, 3.8) is 0 Å². The smallest absolute Gasteiger partial charge is 0.243 e. The molecule has 0 aliphatic carbocycles. The van der Waals surface area contributed by atoms with Crippen molar-refractivity contribution >= 4 is 23.1 Å². The predicted molar refractivity (Wildman–Crippen MR) is 94.9 cm³/mol. The number of hydrogen-bond donors (Lipinski definition) is 2. The van der Waals surface area contributed by atoms with Gasteiger partial charge in [-0.15, -0.1) is 0 Å². The largest absolute Gasteiger partial charge is 0.374 e. The topological polar surface area (TPSA) is 88.9 Å². The van der Waals surface area contributed by atoms with Crippen LogP contribution < -0.4 is 10.6 Å². The summed E-state index contributed by atoms with van der Waals surface area (Å²) in [5.74, 6) is -0.345. The number of ketones is 1. The zero-order valence-corrected chi connectivity index (χ0v) is 13.6. The van der Waals surface area contributed by atoms with E-state index in [0.717, 1.165) is 11.4 Å². The number of benzene rings is 2. The van der Waals surface area contributed by atoms with Crippen LogP contribution >= 0.6 is 0 Å². The van der Waals surface area contributed by atoms with Crippen LogP contribution in [0.2, 0.25) is 0 Å². The van der Waals surface area contributed by atoms with E-state index in [1.165, 1.54) is 13.3 Å². The number of rotatable bonds is 6. The van der Waals surface area contributed by atoms with Crippen LogP contribution in [0.3, 0.4) is 0 Å². The van der Waals surface area contributed by atoms with E-state index in [9.17, 15) is 9.59 Å². The van der Waals surface area contributed by atoms with Crippen LogP contribution in [0.4, 0.5) is 11.4 Å². The Kier molecular flexibility index (Phi) is 4.84. The van der Waals surface area contributed by atoms with E-state index in [0.29, 0.717) is 11.3 Å². The molecule has 0 radical (unpaired) electrons. The van der Waals surface area contributed by atoms with Crippen LogP contribution in [-0.2, 0) is 4.79 Å². The van der Waals surface area contributed by atoms with Crippen LogP contribution in [0.5, 0.6) is 0 Å². The summed E-state index contributed by atoms with van der Waals surface area (Å²) in [6.45, 7) is 1.52. The molecular formula is C18H17N5O2. The molecule has 1 aromatic heterocycles. The van der Waals surface area contributed by atoms with Gasteiger partial charge in [-0.25, -0.2) is 9.67 Å². The normalized spacial score (nSPS) is 10.3. The molecule has 2 N–H and O–H groups in total. The summed E-state index contributed by atoms with van der Waals surface area (Å²) in [6, 6.07) is 14.4. The van der Waals surface area contributed by atoms with Gasteiger partial charge in [-0.1, -0.05) is 24.3 Å². The van der Waals surface area contributed by atoms with Gasteiger partial charge < -0.3 is 10.6 Å². The highest BCUT2D eigenvalue weighted by molar-refractivity contribution is 6.04. The SMILES string of the molecule is CC(=O)c1ccccc1NC(=O)CNc1ccccc1-n1cncn1. The minimum absolute atomic E-state index is 0.0535. The zero-order chi connectivity index (χ0) is 17.6. The molecule has 3 rings (SSSR count). The molecule has 1 amide bonds. The third-order valence-electron chi connectivity index (χ3n) is 3.59. The summed E-state index contributed by atoms with van der Waals surface area (Å²) < 4.78 is 1.62. The Morgan fingerprint density at radius 3 is 2.48 bits per heavy atom. The van der Waals surface area contributed by atoms with E-state index in [4.69, 9.17) is 0 Å². The Hall–Kier alpha value is -3.48. The number of anilines is 2. The number of carbonyl (C=O) groups excluding carboxylic acids is 2. The Morgan fingerprint density at radius 2 is 1.76 bits per heavy atom. The molecule has 0 saturated heterocycles. The molecule has 3 aromatic rings. The van der Waals surface area contributed by atoms with Crippen molar-refractivity contribution in [1.29, 1.82) is 0 Å². The quantitative estimate of drug-likeness (QED) is 0.676. The van der Waals surface area contributed by atoms with E-state index in [2.05, 4.69) is 20.7 Å². The molecule has 7 heteroatoms. The van der Waals surface area contributed by atoms with Crippen molar-refractivity contribution in [3.8, 4) is 5.69 Å². The third-order valence-corrected chi connectivity index (χ3v) is 3.59. The van der Waals surface area contributed by atoms with Crippen molar-refractivity contribution in [3.05, 3.63) is 66.7 Å². The second kappa shape index (κ2) is 7.39. The van der Waals surface area contributed by atoms with Crippen LogP contribution in [0, 0.1) is 0 Å². The van der Waals surface area contributed by atoms with Gasteiger partial charge in [0.05, 0.1) is 23.6 Å². The minimum atomic E-state index is -0.248. The molecule has 1 heterocycles. The van der Waals surface area contributed by atoms with Gasteiger partial charge in [0.25, 0.3) is 0 Å². The standard InChI is InChI=1S/C18H17N5O2/c1-13(24)14-6-2-3-7-15(14)22-18(25)10-20-16-8-4-5-9-17(16)23-12-19-11-21-23/h2-9,11-12,20H,10H2,1H3,(H,22,25). The lowest BCUT2D eigenvalue weighted by Crippen LogP contribution is -2.23. The Labute approximate surface area is 144 Å². The number of aromatic nitrogens is 3. The first-order valence-corrected chi connectivity index (χ1v) is 7.73. The van der Waals surface area contributed by atoms with E-state index in [-0.39, 0.29) is 18.2 Å². The highest BCUT2D eigenvalue weighted by Gasteiger charge is 2.10. The maximum Gasteiger partial charge on any atom is 0.243 e. The predicted octanol–water partition coefficient (Wildman–Crippen LogP) is 2.52. The van der Waals surface area contributed by atoms with Gasteiger partial charge >= 0.3 is 0 Å². The van der Waals surface area contributed by atoms with Gasteiger partial charge in [-0.05, 0) is 31.2 Å². The average Bonchev–Trinajstić information content (AvgIpc) is 3.15. The fraction of sp³-hybridized carbons (Fsp3) is 0.111. The van der Waals surface area contributed by atoms with Crippen molar-refractivity contribution in [1.82, 2.24) is 14.8 Å². The second-order valence-corrected chi connectivity index (χ2v) is 5.36. The fourth-order valence-corrected chi connectivity index (χ4v) is 2.42. The number of Topliss-reactive ketones (excluding diaryl/α,β-unsaturated/α-hetero) is 1. The average molecular weight is 335 g/mol. The number of carbonyl (C=O) groups is 2. The summed E-state index contributed by atoms with van der Waals surface area (Å²) >= 11 is 0. The van der Waals surface area contributed by atoms with E-state index < -0.39 is 0 Å². The van der Waals surface area contributed by atoms with Gasteiger partial charge in [0.2, 0.25) is 5.91 Å². The van der Waals surface area contributed by atoms with Crippen LogP contribution in [0.1, 0.15) is 17.3 Å². The molecule has 0 aliphatic rings. The van der Waals surface area contributed by atoms with E-state index in [1.54, 1.807) is 35.3 Å². The minimum Gasteiger partial charge on any atom is -0.374 e. The third kappa shape index (κ3) is 3.89. The summed E-state index contributed by atoms with van der Waals surface area (Å²) in [5, 5.41) is 9.94. The van der Waals surface area contributed by atoms with Crippen molar-refractivity contribution < 1.29 is 9.59 Å². The molecule has 0 bridgehead atoms. The monoisotopic (exact) mass is 335 g/mol. The Bertz CT molecular complexity index is 890. The van der Waals surface area contributed by atoms with E-state index >= 15 is 0 Å². The number of nitrogens with zero attached hydrogens (tertiary/aromatic N) is 3. The number of amides is 1. The number of hydrogen-bond acceptors (Lipinski definition) is 5. The lowest BCUT2D eigenvalue weighted by atomic mass is 10.1. The molecule has 25 heavy (non-hydrogen) atoms. The van der Waals surface area contributed by atoms with Crippen molar-refractivity contribution in [2.45, 2.75) is 6.92 Å². The van der Waals surface area contributed by atoms with Crippen LogP contribution in [-0.4, -0.2) is 33.0 Å². The lowest BCUT2D eigenvalue weighted by molar-refractivity contribution is -0.114. The summed E-state index contributed by atoms with van der Waals surface area (Å²) in [7, 11) is 0. The van der Waals surface area contributed by atoms with Crippen LogP contribution in [0.25, 0.3) is 5.69 Å². The molecule has 0 fully saturated rings. The highest BCUT2D eigenvalue weighted by atomic mass is 16.2. The summed E-state index contributed by atoms with van der Waals surface area (Å²) in [4.78, 5) is 27.8. The van der Waals surface area contributed by atoms with Gasteiger partial charge in [-0.2, -0.15) is 5.10 Å². The molecule has 0 aliphatic heterocycles. The van der Waals surface area contributed by atoms with Crippen molar-refractivity contribution in [2.24, 2.45) is 0 Å². The summed E-state index contributed by atoms with van der Waals surface area (Å²) in [6.07, 6.45) is 3.03. The molecule has 0 saturated carbocycles. The molecule has 0 unspecified atom stereocenters. The Balaban J connectivity index is 1.69. The first kappa shape index (κ1) is 16.4. The molecule has 0 atom stereocenters. The maximum absolute atomic E-state index is 12.2. The van der Waals surface area contributed by atoms with E-state index in [1.807, 2.05) is 24.3 Å². The lowest BCUT2D eigenvalue weighted by Gasteiger charge is -2.13. The molecule has 7 nitrogen and oxygen atoms in total. The Morgan fingerprint density at radius 1 is 1.04 bits per heavy atom. The fourth-order valence-electron chi connectivity index (χ4n) is 2.42. The van der Waals surface area contributed by atoms with Gasteiger partial charge in [0, 0.05) is 5.56 Å². The molecule has 0 spiro atoms. The van der Waals surface area contributed by atoms with Crippen molar-refractivity contribution in [2.75, 3.05) is 17.2 Å².